The molecule has 0 radical (unpaired) electrons. The maximum absolute atomic E-state index is 13.2. The predicted octanol–water partition coefficient (Wildman–Crippen LogP) is 6.96. The number of hydrogen-bond acceptors (Lipinski definition) is 5. The summed E-state index contributed by atoms with van der Waals surface area (Å²) in [6, 6.07) is 12.4. The number of carbonyl (C=O) groups excluding carboxylic acids is 1. The van der Waals surface area contributed by atoms with Crippen LogP contribution in [-0.2, 0) is 20.8 Å². The Morgan fingerprint density at radius 1 is 1.11 bits per heavy atom. The smallest absolute Gasteiger partial charge is 0.309 e. The fraction of sp³-hybridized carbons (Fsp3) is 0.552. The van der Waals surface area contributed by atoms with Crippen molar-refractivity contribution in [3.63, 3.8) is 0 Å². The van der Waals surface area contributed by atoms with Crippen LogP contribution in [-0.4, -0.2) is 24.3 Å². The van der Waals surface area contributed by atoms with Gasteiger partial charge in [0.25, 0.3) is 0 Å². The lowest BCUT2D eigenvalue weighted by molar-refractivity contribution is -0.189. The Hall–Kier alpha value is -2.60. The van der Waals surface area contributed by atoms with Gasteiger partial charge in [-0.25, -0.2) is 4.39 Å². The zero-order chi connectivity index (χ0) is 24.8. The Labute approximate surface area is 208 Å². The first-order chi connectivity index (χ1) is 16.9. The minimum absolute atomic E-state index is 0.0408. The molecule has 5 nitrogen and oxygen atoms in total. The van der Waals surface area contributed by atoms with Gasteiger partial charge in [0.1, 0.15) is 23.3 Å². The van der Waals surface area contributed by atoms with Crippen LogP contribution in [0.2, 0.25) is 0 Å². The molecule has 190 valence electrons. The molecule has 0 bridgehead atoms. The molecule has 2 aromatic rings. The van der Waals surface area contributed by atoms with Crippen LogP contribution in [0.3, 0.4) is 0 Å². The van der Waals surface area contributed by atoms with E-state index in [1.807, 2.05) is 32.0 Å². The van der Waals surface area contributed by atoms with Crippen LogP contribution in [0.5, 0.6) is 5.75 Å². The summed E-state index contributed by atoms with van der Waals surface area (Å²) in [5, 5.41) is 3.41. The molecular weight excluding hydrogens is 445 g/mol. The zero-order valence-electron chi connectivity index (χ0n) is 21.1. The van der Waals surface area contributed by atoms with Crippen molar-refractivity contribution in [2.24, 2.45) is 5.92 Å². The molecule has 2 atom stereocenters. The first kappa shape index (κ1) is 25.5. The second kappa shape index (κ2) is 11.4. The van der Waals surface area contributed by atoms with Gasteiger partial charge in [0.2, 0.25) is 0 Å². The first-order valence-corrected chi connectivity index (χ1v) is 13.0. The predicted molar refractivity (Wildman–Crippen MR) is 135 cm³/mol. The number of benzene rings is 2. The Morgan fingerprint density at radius 3 is 2.57 bits per heavy atom. The molecule has 0 saturated heterocycles. The maximum atomic E-state index is 13.2. The summed E-state index contributed by atoms with van der Waals surface area (Å²) in [5.41, 5.74) is 2.04. The number of anilines is 1. The van der Waals surface area contributed by atoms with E-state index in [0.717, 1.165) is 61.1 Å². The van der Waals surface area contributed by atoms with Crippen LogP contribution < -0.4 is 10.1 Å². The van der Waals surface area contributed by atoms with Gasteiger partial charge in [-0.05, 0) is 69.0 Å². The van der Waals surface area contributed by atoms with E-state index >= 15 is 0 Å². The molecule has 1 fully saturated rings. The molecule has 1 saturated carbocycles. The first-order valence-electron chi connectivity index (χ1n) is 13.0. The van der Waals surface area contributed by atoms with Crippen LogP contribution in [0.25, 0.3) is 0 Å². The van der Waals surface area contributed by atoms with Crippen molar-refractivity contribution in [2.45, 2.75) is 90.1 Å². The molecule has 35 heavy (non-hydrogen) atoms. The van der Waals surface area contributed by atoms with E-state index in [1.54, 1.807) is 12.1 Å². The third-order valence-electron chi connectivity index (χ3n) is 7.04. The molecule has 1 heterocycles. The van der Waals surface area contributed by atoms with E-state index in [9.17, 15) is 9.18 Å². The van der Waals surface area contributed by atoms with Crippen molar-refractivity contribution in [3.05, 3.63) is 59.4 Å². The van der Waals surface area contributed by atoms with E-state index in [-0.39, 0.29) is 17.7 Å². The normalized spacial score (nSPS) is 21.6. The molecule has 2 unspecified atom stereocenters. The molecule has 1 N–H and O–H groups in total. The topological polar surface area (TPSA) is 56.8 Å². The minimum atomic E-state index is -0.725. The average molecular weight is 484 g/mol. The fourth-order valence-corrected chi connectivity index (χ4v) is 4.94. The summed E-state index contributed by atoms with van der Waals surface area (Å²) in [6.07, 6.45) is 6.11. The summed E-state index contributed by atoms with van der Waals surface area (Å²) < 4.78 is 32.2. The number of nitrogens with one attached hydrogen (secondary N) is 1. The van der Waals surface area contributed by atoms with Gasteiger partial charge in [0.15, 0.2) is 6.10 Å². The van der Waals surface area contributed by atoms with E-state index in [1.165, 1.54) is 18.6 Å². The molecule has 1 aliphatic heterocycles. The Kier molecular flexibility index (Phi) is 8.32. The van der Waals surface area contributed by atoms with Crippen LogP contribution in [0.1, 0.15) is 82.9 Å². The Balaban J connectivity index is 1.56. The molecule has 1 aliphatic carbocycles. The third-order valence-corrected chi connectivity index (χ3v) is 7.04. The molecule has 0 amide bonds. The van der Waals surface area contributed by atoms with E-state index in [0.29, 0.717) is 13.2 Å². The molecule has 4 rings (SSSR count). The zero-order valence-corrected chi connectivity index (χ0v) is 21.1. The third kappa shape index (κ3) is 6.35. The van der Waals surface area contributed by atoms with Gasteiger partial charge in [0.05, 0.1) is 5.92 Å². The second-order valence-electron chi connectivity index (χ2n) is 10.3. The second-order valence-corrected chi connectivity index (χ2v) is 10.3. The van der Waals surface area contributed by atoms with Crippen molar-refractivity contribution < 1.29 is 23.4 Å². The summed E-state index contributed by atoms with van der Waals surface area (Å²) >= 11 is 0. The summed E-state index contributed by atoms with van der Waals surface area (Å²) in [4.78, 5) is 13.1. The molecule has 0 aromatic heterocycles. The monoisotopic (exact) mass is 483 g/mol. The Morgan fingerprint density at radius 2 is 1.86 bits per heavy atom. The number of fused-ring (bicyclic) bond motifs is 1. The van der Waals surface area contributed by atoms with Crippen molar-refractivity contribution in [1.29, 1.82) is 0 Å². The van der Waals surface area contributed by atoms with E-state index in [2.05, 4.69) is 12.2 Å². The molecule has 2 aliphatic rings. The van der Waals surface area contributed by atoms with Crippen LogP contribution in [0.4, 0.5) is 10.1 Å². The number of ether oxygens (including phenoxy) is 3. The summed E-state index contributed by atoms with van der Waals surface area (Å²) in [7, 11) is 0. The molecular formula is C29H38FNO4. The summed E-state index contributed by atoms with van der Waals surface area (Å²) in [5.74, 6) is 0.322. The highest BCUT2D eigenvalue weighted by Gasteiger charge is 2.48. The number of carbonyl (C=O) groups is 1. The lowest BCUT2D eigenvalue weighted by Gasteiger charge is -2.44. The van der Waals surface area contributed by atoms with Gasteiger partial charge in [-0.15, -0.1) is 0 Å². The SMILES string of the molecule is CCCCOC1c2cc(NCc3ccc(F)cc3)ccc2OC(C)(C)C1OC(=O)C1CCCCC1. The van der Waals surface area contributed by atoms with Gasteiger partial charge < -0.3 is 19.5 Å². The van der Waals surface area contributed by atoms with Crippen LogP contribution >= 0.6 is 0 Å². The molecule has 0 spiro atoms. The van der Waals surface area contributed by atoms with Gasteiger partial charge in [0, 0.05) is 24.4 Å². The largest absolute Gasteiger partial charge is 0.483 e. The Bertz CT molecular complexity index is 985. The number of halogens is 1. The van der Waals surface area contributed by atoms with Gasteiger partial charge in [-0.3, -0.25) is 4.79 Å². The lowest BCUT2D eigenvalue weighted by Crippen LogP contribution is -2.52. The highest BCUT2D eigenvalue weighted by molar-refractivity contribution is 5.73. The van der Waals surface area contributed by atoms with Crippen molar-refractivity contribution in [3.8, 4) is 5.75 Å². The quantitative estimate of drug-likeness (QED) is 0.309. The van der Waals surface area contributed by atoms with Crippen molar-refractivity contribution in [1.82, 2.24) is 0 Å². The standard InChI is InChI=1S/C29H38FNO4/c1-4-5-17-33-26-24-18-23(31-19-20-11-13-22(30)14-12-20)15-16-25(24)35-29(2,3)27(26)34-28(32)21-9-7-6-8-10-21/h11-16,18,21,26-27,31H,4-10,17,19H2,1-3H3. The number of hydrogen-bond donors (Lipinski definition) is 1. The van der Waals surface area contributed by atoms with Gasteiger partial charge in [-0.2, -0.15) is 0 Å². The highest BCUT2D eigenvalue weighted by atomic mass is 19.1. The highest BCUT2D eigenvalue weighted by Crippen LogP contribution is 2.45. The van der Waals surface area contributed by atoms with Crippen LogP contribution in [0.15, 0.2) is 42.5 Å². The van der Waals surface area contributed by atoms with Crippen molar-refractivity contribution in [2.75, 3.05) is 11.9 Å². The summed E-state index contributed by atoms with van der Waals surface area (Å²) in [6.45, 7) is 7.20. The molecule has 2 aromatic carbocycles. The number of esters is 1. The fourth-order valence-electron chi connectivity index (χ4n) is 4.94. The van der Waals surface area contributed by atoms with Crippen molar-refractivity contribution >= 4 is 11.7 Å². The minimum Gasteiger partial charge on any atom is -0.483 e. The van der Waals surface area contributed by atoms with E-state index in [4.69, 9.17) is 14.2 Å². The number of unbranched alkanes of at least 4 members (excludes halogenated alkanes) is 1. The van der Waals surface area contributed by atoms with Gasteiger partial charge >= 0.3 is 5.97 Å². The lowest BCUT2D eigenvalue weighted by atomic mass is 9.86. The van der Waals surface area contributed by atoms with E-state index < -0.39 is 17.8 Å². The molecule has 6 heteroatoms. The van der Waals surface area contributed by atoms with Crippen LogP contribution in [0, 0.1) is 11.7 Å². The maximum Gasteiger partial charge on any atom is 0.309 e. The van der Waals surface area contributed by atoms with Gasteiger partial charge in [-0.1, -0.05) is 44.7 Å². The average Bonchev–Trinajstić information content (AvgIpc) is 2.86. The number of rotatable bonds is 9.